The molecule has 0 bridgehead atoms. The fourth-order valence-electron chi connectivity index (χ4n) is 3.54. The third-order valence-corrected chi connectivity index (χ3v) is 6.73. The Kier molecular flexibility index (Phi) is 6.01. The molecular formula is C20H25F3N4O2S. The predicted molar refractivity (Wildman–Crippen MR) is 110 cm³/mol. The number of aromatic nitrogens is 1. The van der Waals surface area contributed by atoms with Crippen LogP contribution in [0, 0.1) is 0 Å². The van der Waals surface area contributed by atoms with Crippen molar-refractivity contribution in [2.24, 2.45) is 0 Å². The lowest BCUT2D eigenvalue weighted by Crippen LogP contribution is -2.39. The maximum atomic E-state index is 12.8. The molecular weight excluding hydrogens is 417 g/mol. The number of hydrogen-bond acceptors (Lipinski definition) is 6. The molecule has 6 nitrogen and oxygen atoms in total. The molecule has 0 saturated carbocycles. The van der Waals surface area contributed by atoms with Crippen molar-refractivity contribution >= 4 is 21.2 Å². The maximum Gasteiger partial charge on any atom is 0.501 e. The van der Waals surface area contributed by atoms with Gasteiger partial charge in [0.25, 0.3) is 9.84 Å². The van der Waals surface area contributed by atoms with E-state index in [9.17, 15) is 21.6 Å². The number of alkyl halides is 3. The standard InChI is InChI=1S/C20H25F3N4O2S/c1-4-25-18-11-24-10-9-15(18)12-27-14-26(13-19(27,2)3)16-5-7-17(8-6-16)30(28,29)20(21,22)23/h5-11,25H,4,12-14H2,1-3H3. The van der Waals surface area contributed by atoms with Crippen LogP contribution in [0.25, 0.3) is 0 Å². The van der Waals surface area contributed by atoms with Gasteiger partial charge < -0.3 is 10.2 Å². The molecule has 1 aromatic heterocycles. The van der Waals surface area contributed by atoms with Crippen molar-refractivity contribution in [1.82, 2.24) is 9.88 Å². The van der Waals surface area contributed by atoms with E-state index in [1.807, 2.05) is 17.9 Å². The molecule has 0 spiro atoms. The van der Waals surface area contributed by atoms with Gasteiger partial charge in [-0.2, -0.15) is 13.2 Å². The minimum Gasteiger partial charge on any atom is -0.384 e. The van der Waals surface area contributed by atoms with Crippen LogP contribution < -0.4 is 10.2 Å². The zero-order valence-corrected chi connectivity index (χ0v) is 17.9. The van der Waals surface area contributed by atoms with Gasteiger partial charge in [0.05, 0.1) is 23.4 Å². The van der Waals surface area contributed by atoms with Gasteiger partial charge in [-0.1, -0.05) is 0 Å². The minimum atomic E-state index is -5.34. The molecule has 0 radical (unpaired) electrons. The summed E-state index contributed by atoms with van der Waals surface area (Å²) < 4.78 is 61.4. The van der Waals surface area contributed by atoms with E-state index in [0.717, 1.165) is 29.9 Å². The zero-order valence-electron chi connectivity index (χ0n) is 17.1. The largest absolute Gasteiger partial charge is 0.501 e. The molecule has 3 rings (SSSR count). The Morgan fingerprint density at radius 1 is 1.17 bits per heavy atom. The van der Waals surface area contributed by atoms with Gasteiger partial charge in [-0.25, -0.2) is 8.42 Å². The van der Waals surface area contributed by atoms with E-state index in [1.165, 1.54) is 12.1 Å². The summed E-state index contributed by atoms with van der Waals surface area (Å²) in [5, 5.41) is 3.30. The summed E-state index contributed by atoms with van der Waals surface area (Å²) >= 11 is 0. The summed E-state index contributed by atoms with van der Waals surface area (Å²) in [7, 11) is -5.34. The van der Waals surface area contributed by atoms with Crippen molar-refractivity contribution in [3.05, 3.63) is 48.3 Å². The van der Waals surface area contributed by atoms with Crippen LogP contribution in [-0.2, 0) is 16.4 Å². The Labute approximate surface area is 174 Å². The van der Waals surface area contributed by atoms with Crippen LogP contribution >= 0.6 is 0 Å². The third kappa shape index (κ3) is 4.39. The first-order valence-electron chi connectivity index (χ1n) is 9.54. The molecule has 1 N–H and O–H groups in total. The van der Waals surface area contributed by atoms with Gasteiger partial charge in [-0.05, 0) is 56.7 Å². The first kappa shape index (κ1) is 22.4. The lowest BCUT2D eigenvalue weighted by Gasteiger charge is -2.30. The monoisotopic (exact) mass is 442 g/mol. The maximum absolute atomic E-state index is 12.8. The lowest BCUT2D eigenvalue weighted by atomic mass is 10.0. The van der Waals surface area contributed by atoms with E-state index in [2.05, 4.69) is 29.0 Å². The summed E-state index contributed by atoms with van der Waals surface area (Å²) in [6.07, 6.45) is 3.54. The van der Waals surface area contributed by atoms with Crippen LogP contribution in [0.5, 0.6) is 0 Å². The van der Waals surface area contributed by atoms with Crippen LogP contribution in [0.2, 0.25) is 0 Å². The molecule has 0 unspecified atom stereocenters. The number of halogens is 3. The summed E-state index contributed by atoms with van der Waals surface area (Å²) in [6.45, 7) is 8.89. The molecule has 0 aliphatic carbocycles. The molecule has 1 aromatic carbocycles. The summed E-state index contributed by atoms with van der Waals surface area (Å²) in [5.74, 6) is 0. The fourth-order valence-corrected chi connectivity index (χ4v) is 4.30. The van der Waals surface area contributed by atoms with Gasteiger partial charge in [0.1, 0.15) is 0 Å². The second kappa shape index (κ2) is 8.07. The first-order valence-corrected chi connectivity index (χ1v) is 11.0. The van der Waals surface area contributed by atoms with Gasteiger partial charge in [-0.15, -0.1) is 0 Å². The van der Waals surface area contributed by atoms with Crippen LogP contribution in [0.3, 0.4) is 0 Å². The highest BCUT2D eigenvalue weighted by molar-refractivity contribution is 7.92. The van der Waals surface area contributed by atoms with Gasteiger partial charge in [0.2, 0.25) is 0 Å². The number of nitrogens with zero attached hydrogens (tertiary/aromatic N) is 3. The number of rotatable bonds is 6. The van der Waals surface area contributed by atoms with E-state index < -0.39 is 20.2 Å². The molecule has 2 heterocycles. The Morgan fingerprint density at radius 3 is 2.43 bits per heavy atom. The van der Waals surface area contributed by atoms with Crippen LogP contribution in [0.4, 0.5) is 24.5 Å². The van der Waals surface area contributed by atoms with Crippen molar-refractivity contribution < 1.29 is 21.6 Å². The number of sulfone groups is 1. The van der Waals surface area contributed by atoms with Crippen molar-refractivity contribution in [2.75, 3.05) is 30.0 Å². The number of nitrogens with one attached hydrogen (secondary N) is 1. The van der Waals surface area contributed by atoms with Crippen molar-refractivity contribution in [1.29, 1.82) is 0 Å². The zero-order chi connectivity index (χ0) is 22.2. The minimum absolute atomic E-state index is 0.191. The second-order valence-electron chi connectivity index (χ2n) is 7.86. The summed E-state index contributed by atoms with van der Waals surface area (Å²) in [5.41, 5.74) is -2.75. The molecule has 2 aromatic rings. The van der Waals surface area contributed by atoms with E-state index in [-0.39, 0.29) is 5.54 Å². The number of benzene rings is 1. The highest BCUT2D eigenvalue weighted by Crippen LogP contribution is 2.34. The fraction of sp³-hybridized carbons (Fsp3) is 0.450. The number of anilines is 2. The Balaban J connectivity index is 1.79. The molecule has 1 saturated heterocycles. The van der Waals surface area contributed by atoms with Crippen molar-refractivity contribution in [3.8, 4) is 0 Å². The SMILES string of the molecule is CCNc1cnccc1CN1CN(c2ccc(S(=O)(=O)C(F)(F)F)cc2)CC1(C)C. The van der Waals surface area contributed by atoms with Crippen LogP contribution in [-0.4, -0.2) is 49.1 Å². The van der Waals surface area contributed by atoms with Gasteiger partial charge in [-0.3, -0.25) is 9.88 Å². The third-order valence-electron chi connectivity index (χ3n) is 5.23. The quantitative estimate of drug-likeness (QED) is 0.733. The van der Waals surface area contributed by atoms with Crippen LogP contribution in [0.15, 0.2) is 47.6 Å². The molecule has 164 valence electrons. The lowest BCUT2D eigenvalue weighted by molar-refractivity contribution is -0.0436. The van der Waals surface area contributed by atoms with E-state index in [1.54, 1.807) is 12.4 Å². The summed E-state index contributed by atoms with van der Waals surface area (Å²) in [6, 6.07) is 6.84. The Morgan fingerprint density at radius 2 is 1.83 bits per heavy atom. The number of pyridine rings is 1. The molecule has 1 aliphatic rings. The number of hydrogen-bond donors (Lipinski definition) is 1. The smallest absolute Gasteiger partial charge is 0.384 e. The van der Waals surface area contributed by atoms with Gasteiger partial charge in [0, 0.05) is 37.1 Å². The topological polar surface area (TPSA) is 65.5 Å². The normalized spacial score (nSPS) is 17.3. The molecule has 0 atom stereocenters. The molecule has 30 heavy (non-hydrogen) atoms. The highest BCUT2D eigenvalue weighted by Gasteiger charge is 2.47. The van der Waals surface area contributed by atoms with E-state index in [4.69, 9.17) is 0 Å². The van der Waals surface area contributed by atoms with E-state index >= 15 is 0 Å². The van der Waals surface area contributed by atoms with E-state index in [0.29, 0.717) is 25.4 Å². The second-order valence-corrected chi connectivity index (χ2v) is 9.80. The molecule has 0 amide bonds. The summed E-state index contributed by atoms with van der Waals surface area (Å²) in [4.78, 5) is 7.71. The van der Waals surface area contributed by atoms with Gasteiger partial charge in [0.15, 0.2) is 0 Å². The predicted octanol–water partition coefficient (Wildman–Crippen LogP) is 3.87. The highest BCUT2D eigenvalue weighted by atomic mass is 32.2. The Hall–Kier alpha value is -2.33. The van der Waals surface area contributed by atoms with Crippen molar-refractivity contribution in [3.63, 3.8) is 0 Å². The molecule has 1 aliphatic heterocycles. The average Bonchev–Trinajstić information content (AvgIpc) is 2.97. The van der Waals surface area contributed by atoms with Gasteiger partial charge >= 0.3 is 5.51 Å². The van der Waals surface area contributed by atoms with Crippen LogP contribution in [0.1, 0.15) is 26.3 Å². The Bertz CT molecular complexity index is 992. The van der Waals surface area contributed by atoms with Crippen molar-refractivity contribution in [2.45, 2.75) is 43.3 Å². The first-order chi connectivity index (χ1) is 14.0. The molecule has 1 fully saturated rings. The molecule has 10 heteroatoms. The average molecular weight is 443 g/mol.